The van der Waals surface area contributed by atoms with Gasteiger partial charge in [-0.25, -0.2) is 4.79 Å². The first kappa shape index (κ1) is 14.1. The first-order valence-electron chi connectivity index (χ1n) is 6.71. The molecule has 5 nitrogen and oxygen atoms in total. The molecule has 1 aromatic carbocycles. The van der Waals surface area contributed by atoms with E-state index in [0.717, 1.165) is 12.0 Å². The average molecular weight is 273 g/mol. The number of benzene rings is 1. The van der Waals surface area contributed by atoms with Gasteiger partial charge in [0.15, 0.2) is 0 Å². The summed E-state index contributed by atoms with van der Waals surface area (Å²) in [6.45, 7) is 3.01. The molecule has 0 unspecified atom stereocenters. The number of anilines is 1. The van der Waals surface area contributed by atoms with Crippen LogP contribution in [-0.4, -0.2) is 16.6 Å². The molecule has 1 N–H and O–H groups in total. The van der Waals surface area contributed by atoms with Crippen LogP contribution in [0, 0.1) is 0 Å². The van der Waals surface area contributed by atoms with Crippen LogP contribution in [-0.2, 0) is 13.1 Å². The third kappa shape index (κ3) is 3.17. The molecule has 5 heteroatoms. The molecule has 0 amide bonds. The summed E-state index contributed by atoms with van der Waals surface area (Å²) >= 11 is 0. The molecule has 1 heterocycles. The van der Waals surface area contributed by atoms with Crippen LogP contribution in [0.3, 0.4) is 0 Å². The lowest BCUT2D eigenvalue weighted by molar-refractivity contribution is 0.613. The predicted octanol–water partition coefficient (Wildman–Crippen LogP) is 1.58. The zero-order valence-electron chi connectivity index (χ0n) is 11.8. The van der Waals surface area contributed by atoms with E-state index < -0.39 is 0 Å². The molecule has 106 valence electrons. The second kappa shape index (κ2) is 6.23. The van der Waals surface area contributed by atoms with Crippen molar-refractivity contribution in [3.05, 3.63) is 62.8 Å². The Balaban J connectivity index is 2.25. The maximum Gasteiger partial charge on any atom is 0.329 e. The van der Waals surface area contributed by atoms with Gasteiger partial charge in [-0.15, -0.1) is 0 Å². The van der Waals surface area contributed by atoms with Crippen molar-refractivity contribution in [1.82, 2.24) is 9.55 Å². The van der Waals surface area contributed by atoms with Crippen molar-refractivity contribution in [2.24, 2.45) is 0 Å². The van der Waals surface area contributed by atoms with Crippen molar-refractivity contribution in [1.29, 1.82) is 0 Å². The Labute approximate surface area is 117 Å². The fourth-order valence-corrected chi connectivity index (χ4v) is 2.09. The first-order chi connectivity index (χ1) is 9.61. The molecule has 1 aromatic heterocycles. The summed E-state index contributed by atoms with van der Waals surface area (Å²) in [5.41, 5.74) is 0.508. The Kier molecular flexibility index (Phi) is 4.40. The molecule has 0 saturated carbocycles. The molecule has 0 aliphatic heterocycles. The van der Waals surface area contributed by atoms with E-state index in [9.17, 15) is 9.59 Å². The quantitative estimate of drug-likeness (QED) is 0.900. The van der Waals surface area contributed by atoms with Gasteiger partial charge in [-0.1, -0.05) is 37.3 Å². The smallest absolute Gasteiger partial charge is 0.329 e. The predicted molar refractivity (Wildman–Crippen MR) is 80.2 cm³/mol. The number of aromatic amines is 1. The summed E-state index contributed by atoms with van der Waals surface area (Å²) in [5.74, 6) is 0.538. The second-order valence-corrected chi connectivity index (χ2v) is 4.79. The molecule has 0 aliphatic carbocycles. The van der Waals surface area contributed by atoms with Crippen LogP contribution in [0.5, 0.6) is 0 Å². The van der Waals surface area contributed by atoms with Gasteiger partial charge in [0.05, 0.1) is 0 Å². The molecule has 0 radical (unpaired) electrons. The lowest BCUT2D eigenvalue weighted by atomic mass is 10.2. The third-order valence-corrected chi connectivity index (χ3v) is 3.13. The van der Waals surface area contributed by atoms with Gasteiger partial charge in [-0.3, -0.25) is 14.3 Å². The molecule has 0 saturated heterocycles. The molecule has 0 atom stereocenters. The van der Waals surface area contributed by atoms with Crippen molar-refractivity contribution < 1.29 is 0 Å². The van der Waals surface area contributed by atoms with Crippen LogP contribution in [0.2, 0.25) is 0 Å². The van der Waals surface area contributed by atoms with Gasteiger partial charge in [0.1, 0.15) is 5.82 Å². The highest BCUT2D eigenvalue weighted by Gasteiger charge is 2.07. The Morgan fingerprint density at radius 2 is 1.90 bits per heavy atom. The zero-order valence-corrected chi connectivity index (χ0v) is 11.8. The number of aromatic nitrogens is 2. The van der Waals surface area contributed by atoms with E-state index in [1.165, 1.54) is 10.6 Å². The Morgan fingerprint density at radius 1 is 1.20 bits per heavy atom. The number of nitrogens with one attached hydrogen (secondary N) is 1. The van der Waals surface area contributed by atoms with Crippen molar-refractivity contribution in [3.63, 3.8) is 0 Å². The summed E-state index contributed by atoms with van der Waals surface area (Å²) in [7, 11) is 1.85. The van der Waals surface area contributed by atoms with Crippen molar-refractivity contribution in [2.45, 2.75) is 26.4 Å². The Bertz CT molecular complexity index is 642. The number of rotatable bonds is 5. The normalized spacial score (nSPS) is 10.5. The van der Waals surface area contributed by atoms with Gasteiger partial charge in [0, 0.05) is 26.2 Å². The Morgan fingerprint density at radius 3 is 2.50 bits per heavy atom. The molecule has 0 fully saturated rings. The molecule has 2 aromatic rings. The van der Waals surface area contributed by atoms with E-state index in [0.29, 0.717) is 18.9 Å². The van der Waals surface area contributed by atoms with E-state index in [2.05, 4.69) is 4.98 Å². The summed E-state index contributed by atoms with van der Waals surface area (Å²) in [6, 6.07) is 11.4. The third-order valence-electron chi connectivity index (χ3n) is 3.13. The molecular weight excluding hydrogens is 254 g/mol. The summed E-state index contributed by atoms with van der Waals surface area (Å²) in [4.78, 5) is 28.4. The lowest BCUT2D eigenvalue weighted by Crippen LogP contribution is -2.36. The highest BCUT2D eigenvalue weighted by Crippen LogP contribution is 2.08. The maximum atomic E-state index is 11.9. The SMILES string of the molecule is CCCn1c(=O)cc(N(C)Cc2ccccc2)[nH]c1=O. The molecule has 20 heavy (non-hydrogen) atoms. The van der Waals surface area contributed by atoms with Gasteiger partial charge >= 0.3 is 5.69 Å². The molecule has 0 spiro atoms. The highest BCUT2D eigenvalue weighted by molar-refractivity contribution is 5.36. The summed E-state index contributed by atoms with van der Waals surface area (Å²) in [6.07, 6.45) is 0.752. The van der Waals surface area contributed by atoms with E-state index in [-0.39, 0.29) is 11.2 Å². The van der Waals surface area contributed by atoms with Crippen LogP contribution in [0.25, 0.3) is 0 Å². The molecular formula is C15H19N3O2. The zero-order chi connectivity index (χ0) is 14.5. The van der Waals surface area contributed by atoms with Gasteiger partial charge in [0.2, 0.25) is 0 Å². The summed E-state index contributed by atoms with van der Waals surface area (Å²) in [5, 5.41) is 0. The standard InChI is InChI=1S/C15H19N3O2/c1-3-9-18-14(19)10-13(16-15(18)20)17(2)11-12-7-5-4-6-8-12/h4-8,10H,3,9,11H2,1-2H3,(H,16,20). The van der Waals surface area contributed by atoms with E-state index in [1.807, 2.05) is 49.2 Å². The van der Waals surface area contributed by atoms with Gasteiger partial charge in [-0.2, -0.15) is 0 Å². The molecule has 0 aliphatic rings. The fraction of sp³-hybridized carbons (Fsp3) is 0.333. The van der Waals surface area contributed by atoms with Crippen LogP contribution >= 0.6 is 0 Å². The molecule has 0 bridgehead atoms. The fourth-order valence-electron chi connectivity index (χ4n) is 2.09. The number of hydrogen-bond donors (Lipinski definition) is 1. The van der Waals surface area contributed by atoms with E-state index >= 15 is 0 Å². The minimum absolute atomic E-state index is 0.259. The van der Waals surface area contributed by atoms with Crippen molar-refractivity contribution >= 4 is 5.82 Å². The van der Waals surface area contributed by atoms with Crippen LogP contribution < -0.4 is 16.1 Å². The Hall–Kier alpha value is -2.30. The van der Waals surface area contributed by atoms with E-state index in [4.69, 9.17) is 0 Å². The first-order valence-corrected chi connectivity index (χ1v) is 6.71. The van der Waals surface area contributed by atoms with Gasteiger partial charge in [0.25, 0.3) is 5.56 Å². The number of nitrogens with zero attached hydrogens (tertiary/aromatic N) is 2. The van der Waals surface area contributed by atoms with Crippen LogP contribution in [0.15, 0.2) is 46.0 Å². The average Bonchev–Trinajstić information content (AvgIpc) is 2.43. The maximum absolute atomic E-state index is 11.9. The van der Waals surface area contributed by atoms with E-state index in [1.54, 1.807) is 0 Å². The largest absolute Gasteiger partial charge is 0.357 e. The topological polar surface area (TPSA) is 58.1 Å². The number of hydrogen-bond acceptors (Lipinski definition) is 3. The minimum Gasteiger partial charge on any atom is -0.357 e. The monoisotopic (exact) mass is 273 g/mol. The highest BCUT2D eigenvalue weighted by atomic mass is 16.2. The van der Waals surface area contributed by atoms with Gasteiger partial charge < -0.3 is 4.90 Å². The lowest BCUT2D eigenvalue weighted by Gasteiger charge is -2.19. The minimum atomic E-state index is -0.353. The van der Waals surface area contributed by atoms with Crippen LogP contribution in [0.1, 0.15) is 18.9 Å². The number of H-pyrrole nitrogens is 1. The van der Waals surface area contributed by atoms with Gasteiger partial charge in [-0.05, 0) is 12.0 Å². The second-order valence-electron chi connectivity index (χ2n) is 4.79. The van der Waals surface area contributed by atoms with Crippen molar-refractivity contribution in [3.8, 4) is 0 Å². The summed E-state index contributed by atoms with van der Waals surface area (Å²) < 4.78 is 1.22. The molecule has 2 rings (SSSR count). The van der Waals surface area contributed by atoms with Crippen LogP contribution in [0.4, 0.5) is 5.82 Å². The van der Waals surface area contributed by atoms with Crippen molar-refractivity contribution in [2.75, 3.05) is 11.9 Å².